The monoisotopic (exact) mass is 240 g/mol. The van der Waals surface area contributed by atoms with E-state index in [0.29, 0.717) is 6.61 Å². The van der Waals surface area contributed by atoms with Crippen LogP contribution in [-0.4, -0.2) is 7.11 Å². The minimum atomic E-state index is 0.481. The summed E-state index contributed by atoms with van der Waals surface area (Å²) in [6.45, 7) is 4.25. The zero-order valence-electron chi connectivity index (χ0n) is 10.4. The van der Waals surface area contributed by atoms with Crippen LogP contribution in [0.4, 0.5) is 0 Å². The first-order valence-corrected chi connectivity index (χ1v) is 5.80. The van der Waals surface area contributed by atoms with E-state index in [9.17, 15) is 0 Å². The van der Waals surface area contributed by atoms with Gasteiger partial charge in [-0.05, 0) is 29.8 Å². The van der Waals surface area contributed by atoms with Crippen LogP contribution < -0.4 is 9.47 Å². The van der Waals surface area contributed by atoms with Gasteiger partial charge in [-0.1, -0.05) is 36.9 Å². The smallest absolute Gasteiger partial charge is 0.125 e. The van der Waals surface area contributed by atoms with Crippen LogP contribution in [0.15, 0.2) is 55.1 Å². The number of para-hydroxylation sites is 1. The molecule has 0 radical (unpaired) electrons. The van der Waals surface area contributed by atoms with Crippen LogP contribution in [0.1, 0.15) is 11.1 Å². The van der Waals surface area contributed by atoms with E-state index in [1.54, 1.807) is 7.11 Å². The van der Waals surface area contributed by atoms with Gasteiger partial charge in [0.05, 0.1) is 7.11 Å². The lowest BCUT2D eigenvalue weighted by molar-refractivity contribution is 0.296. The Morgan fingerprint density at radius 1 is 1.11 bits per heavy atom. The van der Waals surface area contributed by atoms with Crippen molar-refractivity contribution in [3.05, 3.63) is 66.2 Å². The van der Waals surface area contributed by atoms with Gasteiger partial charge >= 0.3 is 0 Å². The molecule has 0 aliphatic heterocycles. The van der Waals surface area contributed by atoms with Crippen molar-refractivity contribution in [3.8, 4) is 11.5 Å². The molecule has 0 unspecified atom stereocenters. The Morgan fingerprint density at radius 2 is 1.89 bits per heavy atom. The molecule has 2 aromatic rings. The third-order valence-corrected chi connectivity index (χ3v) is 2.68. The average Bonchev–Trinajstić information content (AvgIpc) is 2.45. The van der Waals surface area contributed by atoms with Gasteiger partial charge in [-0.25, -0.2) is 0 Å². The molecule has 0 spiro atoms. The molecule has 0 amide bonds. The number of ether oxygens (including phenoxy) is 2. The van der Waals surface area contributed by atoms with E-state index >= 15 is 0 Å². The third kappa shape index (κ3) is 2.92. The predicted octanol–water partition coefficient (Wildman–Crippen LogP) is 3.92. The first-order valence-electron chi connectivity index (χ1n) is 5.80. The minimum Gasteiger partial charge on any atom is -0.496 e. The summed E-state index contributed by atoms with van der Waals surface area (Å²) in [5.41, 5.74) is 2.07. The highest BCUT2D eigenvalue weighted by Gasteiger charge is 2.04. The van der Waals surface area contributed by atoms with E-state index in [1.165, 1.54) is 0 Å². The average molecular weight is 240 g/mol. The summed E-state index contributed by atoms with van der Waals surface area (Å²) in [5, 5.41) is 0. The van der Waals surface area contributed by atoms with Crippen LogP contribution >= 0.6 is 0 Å². The van der Waals surface area contributed by atoms with Crippen LogP contribution in [0.2, 0.25) is 0 Å². The molecule has 2 heteroatoms. The minimum absolute atomic E-state index is 0.481. The van der Waals surface area contributed by atoms with Gasteiger partial charge in [-0.15, -0.1) is 0 Å². The largest absolute Gasteiger partial charge is 0.496 e. The molecule has 0 aliphatic carbocycles. The second kappa shape index (κ2) is 5.92. The molecule has 0 heterocycles. The SMILES string of the molecule is C=Cc1ccc(OC)c(COc2ccccc2)c1. The molecular formula is C16H16O2. The Bertz CT molecular complexity index is 518. The van der Waals surface area contributed by atoms with Crippen LogP contribution in [-0.2, 0) is 6.61 Å². The van der Waals surface area contributed by atoms with Gasteiger partial charge in [0, 0.05) is 5.56 Å². The fourth-order valence-electron chi connectivity index (χ4n) is 1.72. The summed E-state index contributed by atoms with van der Waals surface area (Å²) in [7, 11) is 1.66. The van der Waals surface area contributed by atoms with Crippen molar-refractivity contribution >= 4 is 6.08 Å². The second-order valence-corrected chi connectivity index (χ2v) is 3.88. The molecule has 0 atom stereocenters. The van der Waals surface area contributed by atoms with E-state index in [2.05, 4.69) is 6.58 Å². The normalized spacial score (nSPS) is 9.83. The second-order valence-electron chi connectivity index (χ2n) is 3.88. The molecule has 0 aliphatic rings. The van der Waals surface area contributed by atoms with Crippen molar-refractivity contribution in [1.29, 1.82) is 0 Å². The van der Waals surface area contributed by atoms with Crippen molar-refractivity contribution < 1.29 is 9.47 Å². The van der Waals surface area contributed by atoms with Crippen molar-refractivity contribution in [2.24, 2.45) is 0 Å². The third-order valence-electron chi connectivity index (χ3n) is 2.68. The molecular weight excluding hydrogens is 224 g/mol. The molecule has 2 nitrogen and oxygen atoms in total. The van der Waals surface area contributed by atoms with Gasteiger partial charge in [0.1, 0.15) is 18.1 Å². The van der Waals surface area contributed by atoms with Crippen molar-refractivity contribution in [3.63, 3.8) is 0 Å². The van der Waals surface area contributed by atoms with Gasteiger partial charge in [0.2, 0.25) is 0 Å². The zero-order chi connectivity index (χ0) is 12.8. The molecule has 2 aromatic carbocycles. The van der Waals surface area contributed by atoms with Crippen molar-refractivity contribution in [1.82, 2.24) is 0 Å². The van der Waals surface area contributed by atoms with E-state index in [-0.39, 0.29) is 0 Å². The molecule has 92 valence electrons. The summed E-state index contributed by atoms with van der Waals surface area (Å²) in [5.74, 6) is 1.68. The van der Waals surface area contributed by atoms with Crippen LogP contribution in [0.3, 0.4) is 0 Å². The summed E-state index contributed by atoms with van der Waals surface area (Å²) < 4.78 is 11.0. The Hall–Kier alpha value is -2.22. The van der Waals surface area contributed by atoms with Gasteiger partial charge < -0.3 is 9.47 Å². The Kier molecular flexibility index (Phi) is 4.02. The first-order chi connectivity index (χ1) is 8.83. The quantitative estimate of drug-likeness (QED) is 0.788. The van der Waals surface area contributed by atoms with Crippen molar-refractivity contribution in [2.45, 2.75) is 6.61 Å². The van der Waals surface area contributed by atoms with Gasteiger partial charge in [-0.3, -0.25) is 0 Å². The fourth-order valence-corrected chi connectivity index (χ4v) is 1.72. The molecule has 0 fully saturated rings. The summed E-state index contributed by atoms with van der Waals surface area (Å²) in [6, 6.07) is 15.7. The van der Waals surface area contributed by atoms with E-state index in [0.717, 1.165) is 22.6 Å². The molecule has 0 saturated heterocycles. The Balaban J connectivity index is 2.15. The molecule has 0 bridgehead atoms. The van der Waals surface area contributed by atoms with Crippen LogP contribution in [0, 0.1) is 0 Å². The lowest BCUT2D eigenvalue weighted by Gasteiger charge is -2.11. The Morgan fingerprint density at radius 3 is 2.56 bits per heavy atom. The van der Waals surface area contributed by atoms with Gasteiger partial charge in [0.15, 0.2) is 0 Å². The molecule has 2 rings (SSSR count). The highest BCUT2D eigenvalue weighted by molar-refractivity contribution is 5.51. The highest BCUT2D eigenvalue weighted by atomic mass is 16.5. The maximum absolute atomic E-state index is 5.72. The lowest BCUT2D eigenvalue weighted by atomic mass is 10.1. The van der Waals surface area contributed by atoms with Crippen LogP contribution in [0.25, 0.3) is 6.08 Å². The van der Waals surface area contributed by atoms with E-state index in [4.69, 9.17) is 9.47 Å². The number of rotatable bonds is 5. The van der Waals surface area contributed by atoms with E-state index in [1.807, 2.05) is 54.6 Å². The maximum Gasteiger partial charge on any atom is 0.125 e. The lowest BCUT2D eigenvalue weighted by Crippen LogP contribution is -1.99. The number of methoxy groups -OCH3 is 1. The molecule has 0 N–H and O–H groups in total. The standard InChI is InChI=1S/C16H16O2/c1-3-13-9-10-16(17-2)14(11-13)12-18-15-7-5-4-6-8-15/h3-11H,1,12H2,2H3. The maximum atomic E-state index is 5.72. The summed E-state index contributed by atoms with van der Waals surface area (Å²) in [4.78, 5) is 0. The van der Waals surface area contributed by atoms with Gasteiger partial charge in [-0.2, -0.15) is 0 Å². The van der Waals surface area contributed by atoms with Crippen molar-refractivity contribution in [2.75, 3.05) is 7.11 Å². The van der Waals surface area contributed by atoms with Gasteiger partial charge in [0.25, 0.3) is 0 Å². The summed E-state index contributed by atoms with van der Waals surface area (Å²) >= 11 is 0. The fraction of sp³-hybridized carbons (Fsp3) is 0.125. The topological polar surface area (TPSA) is 18.5 Å². The molecule has 0 aromatic heterocycles. The molecule has 18 heavy (non-hydrogen) atoms. The molecule has 0 saturated carbocycles. The Labute approximate surface area is 107 Å². The number of hydrogen-bond donors (Lipinski definition) is 0. The zero-order valence-corrected chi connectivity index (χ0v) is 10.4. The van der Waals surface area contributed by atoms with E-state index < -0.39 is 0 Å². The summed E-state index contributed by atoms with van der Waals surface area (Å²) in [6.07, 6.45) is 1.81. The highest BCUT2D eigenvalue weighted by Crippen LogP contribution is 2.22. The number of hydrogen-bond acceptors (Lipinski definition) is 2. The predicted molar refractivity (Wildman–Crippen MR) is 73.9 cm³/mol. The number of benzene rings is 2. The van der Waals surface area contributed by atoms with Crippen LogP contribution in [0.5, 0.6) is 11.5 Å². The first kappa shape index (κ1) is 12.2.